The molecule has 1 aliphatic heterocycles. The fourth-order valence-electron chi connectivity index (χ4n) is 3.82. The van der Waals surface area contributed by atoms with E-state index in [1.54, 1.807) is 34.1 Å². The summed E-state index contributed by atoms with van der Waals surface area (Å²) in [5.41, 5.74) is 1.10. The molecule has 0 radical (unpaired) electrons. The first kappa shape index (κ1) is 19.8. The summed E-state index contributed by atoms with van der Waals surface area (Å²) in [6.07, 6.45) is 0.731. The van der Waals surface area contributed by atoms with Gasteiger partial charge in [-0.05, 0) is 50.4 Å². The van der Waals surface area contributed by atoms with Gasteiger partial charge < -0.3 is 5.32 Å². The molecule has 1 aliphatic rings. The van der Waals surface area contributed by atoms with Crippen LogP contribution in [0.2, 0.25) is 0 Å². The van der Waals surface area contributed by atoms with E-state index in [1.807, 2.05) is 24.4 Å². The van der Waals surface area contributed by atoms with Gasteiger partial charge in [0.2, 0.25) is 0 Å². The molecular weight excluding hydrogens is 384 g/mol. The first-order chi connectivity index (χ1) is 13.9. The van der Waals surface area contributed by atoms with E-state index < -0.39 is 0 Å². The summed E-state index contributed by atoms with van der Waals surface area (Å²) in [4.78, 5) is 34.0. The van der Waals surface area contributed by atoms with Crippen LogP contribution in [-0.4, -0.2) is 39.5 Å². The minimum atomic E-state index is -0.157. The van der Waals surface area contributed by atoms with Crippen molar-refractivity contribution in [2.75, 3.05) is 13.1 Å². The van der Waals surface area contributed by atoms with Gasteiger partial charge in [-0.25, -0.2) is 4.98 Å². The van der Waals surface area contributed by atoms with Crippen molar-refractivity contribution in [3.63, 3.8) is 0 Å². The number of amides is 1. The number of benzene rings is 1. The van der Waals surface area contributed by atoms with E-state index in [-0.39, 0.29) is 17.5 Å². The number of nitrogens with one attached hydrogen (secondary N) is 1. The van der Waals surface area contributed by atoms with Crippen molar-refractivity contribution in [1.29, 1.82) is 0 Å². The molecule has 1 amide bonds. The number of carbonyl (C=O) groups excluding carboxylic acids is 1. The molecular formula is C22H26N4O2S. The highest BCUT2D eigenvalue weighted by Crippen LogP contribution is 2.20. The summed E-state index contributed by atoms with van der Waals surface area (Å²) in [5, 5.41) is 5.58. The molecule has 152 valence electrons. The fourth-order valence-corrected chi connectivity index (χ4v) is 4.55. The third kappa shape index (κ3) is 3.97. The number of fused-ring (bicyclic) bond motifs is 2. The van der Waals surface area contributed by atoms with Crippen LogP contribution in [0.1, 0.15) is 47.9 Å². The third-order valence-electron chi connectivity index (χ3n) is 5.58. The Balaban J connectivity index is 1.63. The van der Waals surface area contributed by atoms with Crippen molar-refractivity contribution in [2.45, 2.75) is 45.8 Å². The smallest absolute Gasteiger partial charge is 0.261 e. The minimum Gasteiger partial charge on any atom is -0.345 e. The lowest BCUT2D eigenvalue weighted by molar-refractivity contribution is 0.0940. The predicted octanol–water partition coefficient (Wildman–Crippen LogP) is 3.22. The van der Waals surface area contributed by atoms with E-state index in [9.17, 15) is 9.59 Å². The van der Waals surface area contributed by atoms with E-state index in [0.29, 0.717) is 29.1 Å². The van der Waals surface area contributed by atoms with Gasteiger partial charge in [0.05, 0.1) is 16.9 Å². The summed E-state index contributed by atoms with van der Waals surface area (Å²) in [6, 6.07) is 9.54. The molecule has 7 heteroatoms. The van der Waals surface area contributed by atoms with Crippen molar-refractivity contribution >= 4 is 28.1 Å². The number of hydrogen-bond donors (Lipinski definition) is 1. The number of aromatic nitrogens is 2. The summed E-state index contributed by atoms with van der Waals surface area (Å²) in [7, 11) is 0. The van der Waals surface area contributed by atoms with Gasteiger partial charge in [0.1, 0.15) is 5.82 Å². The van der Waals surface area contributed by atoms with Gasteiger partial charge in [-0.1, -0.05) is 6.07 Å². The average Bonchev–Trinajstić information content (AvgIpc) is 3.15. The van der Waals surface area contributed by atoms with E-state index in [0.717, 1.165) is 30.2 Å². The quantitative estimate of drug-likeness (QED) is 0.717. The van der Waals surface area contributed by atoms with Gasteiger partial charge in [-0.3, -0.25) is 19.1 Å². The van der Waals surface area contributed by atoms with Gasteiger partial charge in [-0.2, -0.15) is 0 Å². The number of hydrogen-bond acceptors (Lipinski definition) is 5. The van der Waals surface area contributed by atoms with E-state index >= 15 is 0 Å². The molecule has 1 atom stereocenters. The van der Waals surface area contributed by atoms with Gasteiger partial charge in [0, 0.05) is 42.5 Å². The maximum absolute atomic E-state index is 13.0. The van der Waals surface area contributed by atoms with Crippen molar-refractivity contribution < 1.29 is 4.79 Å². The summed E-state index contributed by atoms with van der Waals surface area (Å²) >= 11 is 1.62. The Bertz CT molecular complexity index is 1090. The first-order valence-corrected chi connectivity index (χ1v) is 10.9. The van der Waals surface area contributed by atoms with E-state index in [1.165, 1.54) is 0 Å². The number of nitrogens with zero attached hydrogens (tertiary/aromatic N) is 3. The normalized spacial score (nSPS) is 15.9. The molecule has 3 aromatic rings. The van der Waals surface area contributed by atoms with Gasteiger partial charge >= 0.3 is 0 Å². The molecule has 6 nitrogen and oxygen atoms in total. The molecule has 0 spiro atoms. The van der Waals surface area contributed by atoms with Crippen LogP contribution in [0.5, 0.6) is 0 Å². The molecule has 0 saturated carbocycles. The SMILES string of the molecule is CC(NC(=O)c1ccc2c(=O)n3c(nc2c1)CCN(C(C)C)CC3)c1cccs1. The van der Waals surface area contributed by atoms with Gasteiger partial charge in [0.15, 0.2) is 0 Å². The average molecular weight is 411 g/mol. The van der Waals surface area contributed by atoms with Crippen molar-refractivity contribution in [3.05, 3.63) is 62.3 Å². The molecule has 0 aliphatic carbocycles. The number of carbonyl (C=O) groups is 1. The Morgan fingerprint density at radius 1 is 1.17 bits per heavy atom. The second-order valence-electron chi connectivity index (χ2n) is 7.81. The fraction of sp³-hybridized carbons (Fsp3) is 0.409. The largest absolute Gasteiger partial charge is 0.345 e. The molecule has 0 bridgehead atoms. The monoisotopic (exact) mass is 410 g/mol. The second-order valence-corrected chi connectivity index (χ2v) is 8.79. The summed E-state index contributed by atoms with van der Waals surface area (Å²) in [6.45, 7) is 8.69. The van der Waals surface area contributed by atoms with Crippen LogP contribution in [0.15, 0.2) is 40.5 Å². The highest BCUT2D eigenvalue weighted by Gasteiger charge is 2.20. The molecule has 3 heterocycles. The molecule has 0 fully saturated rings. The van der Waals surface area contributed by atoms with Crippen LogP contribution in [0, 0.1) is 0 Å². The van der Waals surface area contributed by atoms with Crippen LogP contribution in [0.3, 0.4) is 0 Å². The van der Waals surface area contributed by atoms with Crippen LogP contribution < -0.4 is 10.9 Å². The standard InChI is InChI=1S/C22H26N4O2S/c1-14(2)25-9-8-20-24-18-13-16(6-7-17(18)22(28)26(20)11-10-25)21(27)23-15(3)19-5-4-12-29-19/h4-7,12-15H,8-11H2,1-3H3,(H,23,27). The Hall–Kier alpha value is -2.51. The second kappa shape index (κ2) is 8.08. The minimum absolute atomic E-state index is 0.0190. The number of rotatable bonds is 4. The predicted molar refractivity (Wildman–Crippen MR) is 117 cm³/mol. The zero-order valence-electron chi connectivity index (χ0n) is 17.0. The number of thiophene rings is 1. The zero-order chi connectivity index (χ0) is 20.5. The van der Waals surface area contributed by atoms with Crippen molar-refractivity contribution in [1.82, 2.24) is 19.8 Å². The van der Waals surface area contributed by atoms with E-state index in [2.05, 4.69) is 24.1 Å². The highest BCUT2D eigenvalue weighted by molar-refractivity contribution is 7.10. The Morgan fingerprint density at radius 3 is 2.72 bits per heavy atom. The molecule has 1 N–H and O–H groups in total. The first-order valence-electron chi connectivity index (χ1n) is 10.1. The molecule has 1 unspecified atom stereocenters. The molecule has 0 saturated heterocycles. The molecule has 29 heavy (non-hydrogen) atoms. The molecule has 4 rings (SSSR count). The van der Waals surface area contributed by atoms with Crippen LogP contribution in [0.25, 0.3) is 10.9 Å². The van der Waals surface area contributed by atoms with Crippen molar-refractivity contribution in [2.24, 2.45) is 0 Å². The van der Waals surface area contributed by atoms with Crippen LogP contribution in [-0.2, 0) is 13.0 Å². The van der Waals surface area contributed by atoms with E-state index in [4.69, 9.17) is 4.98 Å². The highest BCUT2D eigenvalue weighted by atomic mass is 32.1. The summed E-state index contributed by atoms with van der Waals surface area (Å²) in [5.74, 6) is 0.644. The molecule has 2 aromatic heterocycles. The lowest BCUT2D eigenvalue weighted by Gasteiger charge is -2.23. The van der Waals surface area contributed by atoms with Crippen LogP contribution >= 0.6 is 11.3 Å². The third-order valence-corrected chi connectivity index (χ3v) is 6.63. The molecule has 1 aromatic carbocycles. The Morgan fingerprint density at radius 2 is 2.00 bits per heavy atom. The Kier molecular flexibility index (Phi) is 5.52. The summed E-state index contributed by atoms with van der Waals surface area (Å²) < 4.78 is 1.79. The zero-order valence-corrected chi connectivity index (χ0v) is 17.8. The maximum atomic E-state index is 13.0. The lowest BCUT2D eigenvalue weighted by atomic mass is 10.1. The van der Waals surface area contributed by atoms with Crippen LogP contribution in [0.4, 0.5) is 0 Å². The van der Waals surface area contributed by atoms with Crippen molar-refractivity contribution in [3.8, 4) is 0 Å². The maximum Gasteiger partial charge on any atom is 0.261 e. The Labute approximate surface area is 174 Å². The lowest BCUT2D eigenvalue weighted by Crippen LogP contribution is -2.34. The van der Waals surface area contributed by atoms with Gasteiger partial charge in [0.25, 0.3) is 11.5 Å². The topological polar surface area (TPSA) is 67.2 Å². The van der Waals surface area contributed by atoms with Gasteiger partial charge in [-0.15, -0.1) is 11.3 Å².